The number of benzene rings is 1. The molecule has 0 saturated heterocycles. The fraction of sp³-hybridized carbons (Fsp3) is 0.391. The summed E-state index contributed by atoms with van der Waals surface area (Å²) in [6.45, 7) is 10.5. The van der Waals surface area contributed by atoms with E-state index in [1.807, 2.05) is 32.1 Å². The molecule has 3 nitrogen and oxygen atoms in total. The van der Waals surface area contributed by atoms with E-state index in [1.165, 1.54) is 0 Å². The summed E-state index contributed by atoms with van der Waals surface area (Å²) in [6.07, 6.45) is 6.08. The van der Waals surface area contributed by atoms with Crippen LogP contribution in [-0.4, -0.2) is 25.6 Å². The van der Waals surface area contributed by atoms with Gasteiger partial charge in [0, 0.05) is 17.6 Å². The third-order valence-electron chi connectivity index (χ3n) is 4.89. The van der Waals surface area contributed by atoms with Gasteiger partial charge in [-0.2, -0.15) is 0 Å². The van der Waals surface area contributed by atoms with Gasteiger partial charge in [0.25, 0.3) is 0 Å². The number of rotatable bonds is 4. The van der Waals surface area contributed by atoms with Crippen LogP contribution >= 0.6 is 0 Å². The average molecular weight is 381 g/mol. The van der Waals surface area contributed by atoms with Gasteiger partial charge in [-0.3, -0.25) is 4.79 Å². The first-order valence-electron chi connectivity index (χ1n) is 9.40. The Morgan fingerprint density at radius 2 is 1.85 bits per heavy atom. The summed E-state index contributed by atoms with van der Waals surface area (Å²) in [6, 6.07) is 7.11. The van der Waals surface area contributed by atoms with Gasteiger partial charge in [-0.25, -0.2) is 4.79 Å². The summed E-state index contributed by atoms with van der Waals surface area (Å²) in [5.41, 5.74) is 3.25. The maximum Gasteiger partial charge on any atom is 0.338 e. The largest absolute Gasteiger partial charge is 0.463 e. The molecule has 0 saturated carbocycles. The molecule has 142 valence electrons. The fourth-order valence-electron chi connectivity index (χ4n) is 2.60. The minimum absolute atomic E-state index is 0.0325. The van der Waals surface area contributed by atoms with E-state index in [1.54, 1.807) is 18.2 Å². The maximum absolute atomic E-state index is 12.2. The van der Waals surface area contributed by atoms with Crippen molar-refractivity contribution in [2.75, 3.05) is 0 Å². The highest BCUT2D eigenvalue weighted by Crippen LogP contribution is 2.22. The zero-order chi connectivity index (χ0) is 20.0. The van der Waals surface area contributed by atoms with Crippen molar-refractivity contribution in [1.29, 1.82) is 0 Å². The number of carbonyl (C=O) groups is 2. The molecular formula is C23H28O3Si. The summed E-state index contributed by atoms with van der Waals surface area (Å²) in [5.74, 6) is 5.90. The summed E-state index contributed by atoms with van der Waals surface area (Å²) in [5, 5.41) is 0. The van der Waals surface area contributed by atoms with Crippen molar-refractivity contribution in [1.82, 2.24) is 0 Å². The van der Waals surface area contributed by atoms with E-state index in [2.05, 4.69) is 31.5 Å². The topological polar surface area (TPSA) is 43.4 Å². The molecule has 4 heteroatoms. The lowest BCUT2D eigenvalue weighted by Crippen LogP contribution is -2.39. The molecule has 0 fully saturated rings. The highest BCUT2D eigenvalue weighted by molar-refractivity contribution is 6.77. The maximum atomic E-state index is 12.2. The van der Waals surface area contributed by atoms with Crippen LogP contribution in [0.25, 0.3) is 0 Å². The van der Waals surface area contributed by atoms with Gasteiger partial charge in [0.15, 0.2) is 5.78 Å². The molecule has 1 aliphatic carbocycles. The van der Waals surface area contributed by atoms with Crippen molar-refractivity contribution in [3.05, 3.63) is 58.7 Å². The van der Waals surface area contributed by atoms with Crippen LogP contribution in [0.15, 0.2) is 47.6 Å². The van der Waals surface area contributed by atoms with Gasteiger partial charge in [-0.15, -0.1) is 0 Å². The summed E-state index contributed by atoms with van der Waals surface area (Å²) >= 11 is 0. The van der Waals surface area contributed by atoms with Gasteiger partial charge in [-0.1, -0.05) is 37.1 Å². The molecule has 0 N–H and O–H groups in total. The van der Waals surface area contributed by atoms with Gasteiger partial charge in [0.2, 0.25) is 0 Å². The van der Waals surface area contributed by atoms with E-state index in [-0.39, 0.29) is 17.5 Å². The number of ether oxygens (including phenoxy) is 1. The molecule has 0 heterocycles. The van der Waals surface area contributed by atoms with Crippen LogP contribution in [0, 0.1) is 11.8 Å². The van der Waals surface area contributed by atoms with Crippen LogP contribution < -0.4 is 0 Å². The van der Waals surface area contributed by atoms with Crippen molar-refractivity contribution >= 4 is 19.8 Å². The van der Waals surface area contributed by atoms with Gasteiger partial charge in [-0.05, 0) is 63.1 Å². The van der Waals surface area contributed by atoms with Crippen molar-refractivity contribution < 1.29 is 14.3 Å². The van der Waals surface area contributed by atoms with E-state index < -0.39 is 8.07 Å². The first kappa shape index (κ1) is 20.9. The fourth-order valence-corrected chi connectivity index (χ4v) is 3.06. The zero-order valence-electron chi connectivity index (χ0n) is 16.9. The van der Waals surface area contributed by atoms with E-state index in [9.17, 15) is 9.59 Å². The van der Waals surface area contributed by atoms with Crippen LogP contribution in [0.3, 0.4) is 0 Å². The third-order valence-corrected chi connectivity index (χ3v) is 7.45. The van der Waals surface area contributed by atoms with Crippen molar-refractivity contribution in [2.45, 2.75) is 58.5 Å². The molecular weight excluding hydrogens is 352 g/mol. The number of allylic oxidation sites excluding steroid dienone is 4. The highest BCUT2D eigenvalue weighted by Gasteiger charge is 2.26. The van der Waals surface area contributed by atoms with E-state index in [0.717, 1.165) is 29.6 Å². The lowest BCUT2D eigenvalue weighted by atomic mass is 9.91. The van der Waals surface area contributed by atoms with Crippen LogP contribution in [0.1, 0.15) is 49.0 Å². The predicted molar refractivity (Wildman–Crippen MR) is 112 cm³/mol. The van der Waals surface area contributed by atoms with Crippen molar-refractivity contribution in [2.24, 2.45) is 0 Å². The summed E-state index contributed by atoms with van der Waals surface area (Å²) in [4.78, 5) is 24.1. The quantitative estimate of drug-likeness (QED) is 0.415. The van der Waals surface area contributed by atoms with Gasteiger partial charge >= 0.3 is 5.97 Å². The van der Waals surface area contributed by atoms with E-state index in [4.69, 9.17) is 4.74 Å². The molecule has 0 spiro atoms. The Hall–Kier alpha value is -2.38. The van der Waals surface area contributed by atoms with Crippen LogP contribution in [0.2, 0.25) is 19.6 Å². The SMILES string of the molecule is CC1=C(/C=C/C#Cc2ccc(C(=O)OC(C)[Si](C)(C)C)cc2)C(=O)CCC1. The van der Waals surface area contributed by atoms with Crippen molar-refractivity contribution in [3.8, 4) is 11.8 Å². The van der Waals surface area contributed by atoms with Crippen molar-refractivity contribution in [3.63, 3.8) is 0 Å². The average Bonchev–Trinajstić information content (AvgIpc) is 2.60. The normalized spacial score (nSPS) is 16.1. The monoisotopic (exact) mass is 380 g/mol. The number of hydrogen-bond acceptors (Lipinski definition) is 3. The first-order chi connectivity index (χ1) is 12.7. The van der Waals surface area contributed by atoms with Gasteiger partial charge in [0.05, 0.1) is 19.4 Å². The molecule has 1 unspecified atom stereocenters. The van der Waals surface area contributed by atoms with Crippen LogP contribution in [0.4, 0.5) is 0 Å². The molecule has 1 aromatic carbocycles. The molecule has 0 aliphatic heterocycles. The molecule has 0 radical (unpaired) electrons. The molecule has 27 heavy (non-hydrogen) atoms. The second-order valence-corrected chi connectivity index (χ2v) is 13.6. The predicted octanol–water partition coefficient (Wildman–Crippen LogP) is 5.09. The molecule has 0 bridgehead atoms. The standard InChI is InChI=1S/C23H28O3Si/c1-17-9-8-12-22(24)21(17)11-7-6-10-19-13-15-20(16-14-19)23(25)26-18(2)27(3,4)5/h7,11,13-16,18H,8-9,12H2,1-5H3/b11-7+. The Morgan fingerprint density at radius 3 is 2.44 bits per heavy atom. The Morgan fingerprint density at radius 1 is 1.19 bits per heavy atom. The summed E-state index contributed by atoms with van der Waals surface area (Å²) in [7, 11) is -1.51. The minimum atomic E-state index is -1.51. The second kappa shape index (κ2) is 9.01. The molecule has 0 aromatic heterocycles. The Balaban J connectivity index is 2.00. The number of esters is 1. The Kier molecular flexibility index (Phi) is 6.98. The number of ketones is 1. The number of hydrogen-bond donors (Lipinski definition) is 0. The second-order valence-electron chi connectivity index (χ2n) is 8.06. The summed E-state index contributed by atoms with van der Waals surface area (Å²) < 4.78 is 5.57. The molecule has 2 rings (SSSR count). The van der Waals surface area contributed by atoms with E-state index >= 15 is 0 Å². The smallest absolute Gasteiger partial charge is 0.338 e. The highest BCUT2D eigenvalue weighted by atomic mass is 28.3. The molecule has 1 aromatic rings. The molecule has 1 aliphatic rings. The molecule has 1 atom stereocenters. The van der Waals surface area contributed by atoms with Gasteiger partial charge < -0.3 is 4.74 Å². The third kappa shape index (κ3) is 6.08. The van der Waals surface area contributed by atoms with Crippen LogP contribution in [-0.2, 0) is 9.53 Å². The Bertz CT molecular complexity index is 827. The zero-order valence-corrected chi connectivity index (χ0v) is 17.9. The molecule has 0 amide bonds. The lowest BCUT2D eigenvalue weighted by molar-refractivity contribution is -0.115. The van der Waals surface area contributed by atoms with Gasteiger partial charge in [0.1, 0.15) is 0 Å². The lowest BCUT2D eigenvalue weighted by Gasteiger charge is -2.24. The van der Waals surface area contributed by atoms with E-state index in [0.29, 0.717) is 12.0 Å². The number of Topliss-reactive ketones (excluding diaryl/α,β-unsaturated/α-hetero) is 1. The minimum Gasteiger partial charge on any atom is -0.463 e. The number of carbonyl (C=O) groups excluding carboxylic acids is 2. The van der Waals surface area contributed by atoms with Crippen LogP contribution in [0.5, 0.6) is 0 Å². The Labute approximate surface area is 163 Å². The first-order valence-corrected chi connectivity index (χ1v) is 13.0.